The van der Waals surface area contributed by atoms with Gasteiger partial charge in [0.15, 0.2) is 6.61 Å². The molecule has 0 saturated heterocycles. The summed E-state index contributed by atoms with van der Waals surface area (Å²) in [5.74, 6) is -1.35. The molecule has 0 aliphatic heterocycles. The van der Waals surface area contributed by atoms with Crippen LogP contribution in [0.25, 0.3) is 6.08 Å². The monoisotopic (exact) mass is 350 g/mol. The van der Waals surface area contributed by atoms with E-state index in [1.54, 1.807) is 24.3 Å². The van der Waals surface area contributed by atoms with E-state index in [2.05, 4.69) is 5.32 Å². The standard InChI is InChI=1S/C20H18N2O4/c1-14(15-7-3-2-4-8-15)22-20(25)17(12-21)11-16-9-5-6-10-18(16)26-13-19(23)24/h2-11,14H,13H2,1H3,(H,22,25)(H,23,24)/b17-11+/t14-/m1/s1. The van der Waals surface area contributed by atoms with Crippen LogP contribution in [0.2, 0.25) is 0 Å². The van der Waals surface area contributed by atoms with Crippen molar-refractivity contribution in [3.8, 4) is 11.8 Å². The van der Waals surface area contributed by atoms with E-state index in [0.29, 0.717) is 5.56 Å². The number of nitrogens with zero attached hydrogens (tertiary/aromatic N) is 1. The molecule has 2 rings (SSSR count). The van der Waals surface area contributed by atoms with Gasteiger partial charge >= 0.3 is 5.97 Å². The van der Waals surface area contributed by atoms with Crippen molar-refractivity contribution >= 4 is 18.0 Å². The fourth-order valence-electron chi connectivity index (χ4n) is 2.27. The summed E-state index contributed by atoms with van der Waals surface area (Å²) < 4.78 is 5.19. The van der Waals surface area contributed by atoms with Crippen LogP contribution in [0.3, 0.4) is 0 Å². The summed E-state index contributed by atoms with van der Waals surface area (Å²) in [6.45, 7) is 1.32. The summed E-state index contributed by atoms with van der Waals surface area (Å²) >= 11 is 0. The first-order chi connectivity index (χ1) is 12.5. The lowest BCUT2D eigenvalue weighted by molar-refractivity contribution is -0.139. The second kappa shape index (κ2) is 9.04. The molecule has 0 radical (unpaired) electrons. The van der Waals surface area contributed by atoms with Crippen molar-refractivity contribution in [2.45, 2.75) is 13.0 Å². The number of carboxylic acid groups (broad SMARTS) is 1. The number of hydrogen-bond acceptors (Lipinski definition) is 4. The molecule has 0 heterocycles. The van der Waals surface area contributed by atoms with Gasteiger partial charge < -0.3 is 15.2 Å². The fourth-order valence-corrected chi connectivity index (χ4v) is 2.27. The maximum atomic E-state index is 12.4. The van der Waals surface area contributed by atoms with Crippen LogP contribution >= 0.6 is 0 Å². The minimum absolute atomic E-state index is 0.0980. The number of para-hydroxylation sites is 1. The van der Waals surface area contributed by atoms with Crippen molar-refractivity contribution in [3.05, 3.63) is 71.3 Å². The highest BCUT2D eigenvalue weighted by molar-refractivity contribution is 6.02. The van der Waals surface area contributed by atoms with Crippen molar-refractivity contribution in [3.63, 3.8) is 0 Å². The molecule has 0 spiro atoms. The summed E-state index contributed by atoms with van der Waals surface area (Å²) in [6.07, 6.45) is 1.38. The topological polar surface area (TPSA) is 99.4 Å². The van der Waals surface area contributed by atoms with Crippen LogP contribution in [0, 0.1) is 11.3 Å². The number of nitriles is 1. The largest absolute Gasteiger partial charge is 0.481 e. The van der Waals surface area contributed by atoms with Gasteiger partial charge in [0, 0.05) is 5.56 Å². The molecule has 2 aromatic carbocycles. The van der Waals surface area contributed by atoms with Gasteiger partial charge in [0.1, 0.15) is 17.4 Å². The Bertz CT molecular complexity index is 854. The van der Waals surface area contributed by atoms with Crippen LogP contribution in [0.1, 0.15) is 24.1 Å². The Morgan fingerprint density at radius 1 is 1.19 bits per heavy atom. The minimum atomic E-state index is -1.11. The van der Waals surface area contributed by atoms with E-state index >= 15 is 0 Å². The fraction of sp³-hybridized carbons (Fsp3) is 0.150. The number of benzene rings is 2. The number of nitrogens with one attached hydrogen (secondary N) is 1. The zero-order chi connectivity index (χ0) is 18.9. The van der Waals surface area contributed by atoms with Gasteiger partial charge in [-0.2, -0.15) is 5.26 Å². The normalized spacial score (nSPS) is 11.9. The van der Waals surface area contributed by atoms with Crippen LogP contribution in [0.5, 0.6) is 5.75 Å². The summed E-state index contributed by atoms with van der Waals surface area (Å²) in [5, 5.41) is 20.8. The maximum absolute atomic E-state index is 12.4. The molecule has 2 aromatic rings. The molecule has 0 aliphatic carbocycles. The highest BCUT2D eigenvalue weighted by atomic mass is 16.5. The lowest BCUT2D eigenvalue weighted by atomic mass is 10.1. The van der Waals surface area contributed by atoms with E-state index in [4.69, 9.17) is 9.84 Å². The zero-order valence-corrected chi connectivity index (χ0v) is 14.2. The second-order valence-electron chi connectivity index (χ2n) is 5.50. The Labute approximate surface area is 151 Å². The maximum Gasteiger partial charge on any atom is 0.341 e. The molecule has 0 aromatic heterocycles. The third-order valence-corrected chi connectivity index (χ3v) is 3.58. The SMILES string of the molecule is C[C@@H](NC(=O)/C(C#N)=C/c1ccccc1OCC(=O)O)c1ccccc1. The average molecular weight is 350 g/mol. The molecule has 0 bridgehead atoms. The van der Waals surface area contributed by atoms with Crippen LogP contribution in [0.15, 0.2) is 60.2 Å². The van der Waals surface area contributed by atoms with Crippen LogP contribution < -0.4 is 10.1 Å². The number of ether oxygens (including phenoxy) is 1. The van der Waals surface area contributed by atoms with Crippen molar-refractivity contribution < 1.29 is 19.4 Å². The van der Waals surface area contributed by atoms with Crippen LogP contribution in [-0.2, 0) is 9.59 Å². The molecule has 132 valence electrons. The summed E-state index contributed by atoms with van der Waals surface area (Å²) in [7, 11) is 0. The van der Waals surface area contributed by atoms with Gasteiger partial charge in [-0.3, -0.25) is 4.79 Å². The third kappa shape index (κ3) is 5.21. The number of aliphatic carboxylic acids is 1. The van der Waals surface area contributed by atoms with Gasteiger partial charge in [-0.15, -0.1) is 0 Å². The number of amides is 1. The molecule has 0 unspecified atom stereocenters. The number of carbonyl (C=O) groups excluding carboxylic acids is 1. The van der Waals surface area contributed by atoms with Gasteiger partial charge in [0.2, 0.25) is 0 Å². The first-order valence-electron chi connectivity index (χ1n) is 7.92. The van der Waals surface area contributed by atoms with Gasteiger partial charge in [-0.05, 0) is 24.6 Å². The van der Waals surface area contributed by atoms with Crippen LogP contribution in [0.4, 0.5) is 0 Å². The molecular weight excluding hydrogens is 332 g/mol. The predicted molar refractivity (Wildman–Crippen MR) is 96.2 cm³/mol. The minimum Gasteiger partial charge on any atom is -0.481 e. The summed E-state index contributed by atoms with van der Waals surface area (Å²) in [4.78, 5) is 23.1. The number of carbonyl (C=O) groups is 2. The first-order valence-corrected chi connectivity index (χ1v) is 7.92. The molecule has 0 aliphatic rings. The van der Waals surface area contributed by atoms with Crippen molar-refractivity contribution in [2.24, 2.45) is 0 Å². The summed E-state index contributed by atoms with van der Waals surface area (Å²) in [6, 6.07) is 17.6. The van der Waals surface area contributed by atoms with Crippen molar-refractivity contribution in [2.75, 3.05) is 6.61 Å². The molecule has 1 amide bonds. The average Bonchev–Trinajstić information content (AvgIpc) is 2.65. The Hall–Kier alpha value is -3.59. The molecule has 26 heavy (non-hydrogen) atoms. The van der Waals surface area contributed by atoms with E-state index in [-0.39, 0.29) is 17.4 Å². The molecular formula is C20H18N2O4. The van der Waals surface area contributed by atoms with Crippen molar-refractivity contribution in [1.29, 1.82) is 5.26 Å². The highest BCUT2D eigenvalue weighted by Gasteiger charge is 2.14. The van der Waals surface area contributed by atoms with Crippen LogP contribution in [-0.4, -0.2) is 23.6 Å². The van der Waals surface area contributed by atoms with E-state index in [0.717, 1.165) is 5.56 Å². The third-order valence-electron chi connectivity index (χ3n) is 3.58. The molecule has 6 heteroatoms. The van der Waals surface area contributed by atoms with Gasteiger partial charge in [0.25, 0.3) is 5.91 Å². The smallest absolute Gasteiger partial charge is 0.341 e. The first kappa shape index (κ1) is 18.7. The lowest BCUT2D eigenvalue weighted by Gasteiger charge is -2.14. The molecule has 0 fully saturated rings. The van der Waals surface area contributed by atoms with E-state index in [1.165, 1.54) is 6.08 Å². The lowest BCUT2D eigenvalue weighted by Crippen LogP contribution is -2.27. The highest BCUT2D eigenvalue weighted by Crippen LogP contribution is 2.21. The Morgan fingerprint density at radius 2 is 1.85 bits per heavy atom. The summed E-state index contributed by atoms with van der Waals surface area (Å²) in [5.41, 5.74) is 1.27. The van der Waals surface area contributed by atoms with E-state index in [9.17, 15) is 14.9 Å². The van der Waals surface area contributed by atoms with Crippen molar-refractivity contribution in [1.82, 2.24) is 5.32 Å². The van der Waals surface area contributed by atoms with Gasteiger partial charge in [-0.1, -0.05) is 48.5 Å². The number of rotatable bonds is 7. The number of carboxylic acids is 1. The Balaban J connectivity index is 2.18. The quantitative estimate of drug-likeness (QED) is 0.591. The predicted octanol–water partition coefficient (Wildman–Crippen LogP) is 2.93. The zero-order valence-electron chi connectivity index (χ0n) is 14.2. The Kier molecular flexibility index (Phi) is 6.52. The van der Waals surface area contributed by atoms with Gasteiger partial charge in [-0.25, -0.2) is 4.79 Å². The second-order valence-corrected chi connectivity index (χ2v) is 5.50. The van der Waals surface area contributed by atoms with Gasteiger partial charge in [0.05, 0.1) is 6.04 Å². The molecule has 1 atom stereocenters. The number of hydrogen-bond donors (Lipinski definition) is 2. The Morgan fingerprint density at radius 3 is 2.50 bits per heavy atom. The molecule has 0 saturated carbocycles. The van der Waals surface area contributed by atoms with E-state index in [1.807, 2.05) is 43.3 Å². The molecule has 6 nitrogen and oxygen atoms in total. The molecule has 2 N–H and O–H groups in total. The van der Waals surface area contributed by atoms with E-state index < -0.39 is 18.5 Å².